The maximum atomic E-state index is 12.2. The van der Waals surface area contributed by atoms with Gasteiger partial charge in [0.1, 0.15) is 5.76 Å². The molecule has 15 heavy (non-hydrogen) atoms. The highest BCUT2D eigenvalue weighted by Gasteiger charge is 2.36. The molecule has 0 bridgehead atoms. The molecule has 1 aromatic rings. The van der Waals surface area contributed by atoms with E-state index < -0.39 is 11.9 Å². The Labute approximate surface area is 84.6 Å². The number of halogens is 3. The van der Waals surface area contributed by atoms with E-state index in [0.717, 1.165) is 32.0 Å². The Bertz CT molecular complexity index is 328. The van der Waals surface area contributed by atoms with Crippen molar-refractivity contribution in [3.63, 3.8) is 0 Å². The molecular weight excluding hydrogens is 209 g/mol. The minimum Gasteiger partial charge on any atom is -0.361 e. The predicted octanol–water partition coefficient (Wildman–Crippen LogP) is 2.16. The van der Waals surface area contributed by atoms with E-state index in [4.69, 9.17) is 4.52 Å². The Balaban J connectivity index is 2.12. The van der Waals surface area contributed by atoms with Gasteiger partial charge in [0.25, 0.3) is 0 Å². The van der Waals surface area contributed by atoms with E-state index in [0.29, 0.717) is 5.76 Å². The van der Waals surface area contributed by atoms with Crippen molar-refractivity contribution in [2.24, 2.45) is 0 Å². The Morgan fingerprint density at radius 3 is 2.53 bits per heavy atom. The fourth-order valence-electron chi connectivity index (χ4n) is 1.72. The van der Waals surface area contributed by atoms with E-state index in [9.17, 15) is 13.2 Å². The summed E-state index contributed by atoms with van der Waals surface area (Å²) in [5.41, 5.74) is -0.934. The first-order valence-corrected chi connectivity index (χ1v) is 4.82. The van der Waals surface area contributed by atoms with Crippen molar-refractivity contribution < 1.29 is 17.7 Å². The molecular formula is C9H11F3N2O. The number of hydrogen-bond acceptors (Lipinski definition) is 3. The third-order valence-electron chi connectivity index (χ3n) is 2.56. The van der Waals surface area contributed by atoms with Crippen LogP contribution >= 0.6 is 0 Å². The Morgan fingerprint density at radius 1 is 1.33 bits per heavy atom. The van der Waals surface area contributed by atoms with Crippen molar-refractivity contribution in [1.29, 1.82) is 0 Å². The van der Waals surface area contributed by atoms with Crippen molar-refractivity contribution in [3.8, 4) is 0 Å². The molecule has 0 radical (unpaired) electrons. The normalized spacial score (nSPS) is 19.4. The summed E-state index contributed by atoms with van der Waals surface area (Å²) in [6, 6.07) is 1.01. The molecule has 0 aromatic carbocycles. The number of rotatable bonds is 1. The van der Waals surface area contributed by atoms with Crippen LogP contribution in [-0.4, -0.2) is 18.2 Å². The van der Waals surface area contributed by atoms with Crippen molar-refractivity contribution in [1.82, 2.24) is 10.5 Å². The van der Waals surface area contributed by atoms with E-state index in [2.05, 4.69) is 10.5 Å². The number of hydrogen-bond donors (Lipinski definition) is 1. The Hall–Kier alpha value is -1.04. The monoisotopic (exact) mass is 220 g/mol. The number of nitrogens with zero attached hydrogens (tertiary/aromatic N) is 1. The summed E-state index contributed by atoms with van der Waals surface area (Å²) in [5.74, 6) is 0.415. The van der Waals surface area contributed by atoms with Gasteiger partial charge in [-0.3, -0.25) is 0 Å². The fourth-order valence-corrected chi connectivity index (χ4v) is 1.72. The van der Waals surface area contributed by atoms with E-state index >= 15 is 0 Å². The molecule has 1 aliphatic heterocycles. The Morgan fingerprint density at radius 2 is 2.00 bits per heavy atom. The number of piperidine rings is 1. The van der Waals surface area contributed by atoms with Crippen LogP contribution in [0.5, 0.6) is 0 Å². The highest BCUT2D eigenvalue weighted by Crippen LogP contribution is 2.32. The zero-order chi connectivity index (χ0) is 10.9. The van der Waals surface area contributed by atoms with Gasteiger partial charge in [0.05, 0.1) is 0 Å². The van der Waals surface area contributed by atoms with E-state index in [1.54, 1.807) is 0 Å². The first-order chi connectivity index (χ1) is 7.07. The quantitative estimate of drug-likeness (QED) is 0.788. The van der Waals surface area contributed by atoms with Gasteiger partial charge in [0.2, 0.25) is 0 Å². The summed E-state index contributed by atoms with van der Waals surface area (Å²) in [6.45, 7) is 1.62. The van der Waals surface area contributed by atoms with Crippen LogP contribution in [0.1, 0.15) is 30.2 Å². The summed E-state index contributed by atoms with van der Waals surface area (Å²) in [6.07, 6.45) is -2.81. The Kier molecular flexibility index (Phi) is 2.68. The molecule has 0 aliphatic carbocycles. The molecule has 2 heterocycles. The second-order valence-electron chi connectivity index (χ2n) is 3.64. The summed E-state index contributed by atoms with van der Waals surface area (Å²) < 4.78 is 41.4. The third kappa shape index (κ3) is 2.31. The molecule has 0 saturated carbocycles. The molecule has 0 amide bonds. The number of alkyl halides is 3. The number of aromatic nitrogens is 1. The van der Waals surface area contributed by atoms with Crippen LogP contribution in [0.25, 0.3) is 0 Å². The van der Waals surface area contributed by atoms with Gasteiger partial charge in [0, 0.05) is 12.0 Å². The van der Waals surface area contributed by atoms with Gasteiger partial charge in [-0.2, -0.15) is 13.2 Å². The highest BCUT2D eigenvalue weighted by molar-refractivity contribution is 5.13. The van der Waals surface area contributed by atoms with Crippen molar-refractivity contribution in [2.45, 2.75) is 24.9 Å². The SMILES string of the molecule is FC(F)(F)c1cc(C2CCNCC2)on1. The fraction of sp³-hybridized carbons (Fsp3) is 0.667. The van der Waals surface area contributed by atoms with Gasteiger partial charge in [-0.25, -0.2) is 0 Å². The molecule has 1 saturated heterocycles. The van der Waals surface area contributed by atoms with Gasteiger partial charge in [-0.05, 0) is 25.9 Å². The van der Waals surface area contributed by atoms with E-state index in [1.807, 2.05) is 0 Å². The van der Waals surface area contributed by atoms with Gasteiger partial charge in [-0.1, -0.05) is 5.16 Å². The first-order valence-electron chi connectivity index (χ1n) is 4.82. The van der Waals surface area contributed by atoms with Gasteiger partial charge in [0.15, 0.2) is 5.69 Å². The standard InChI is InChI=1S/C9H11F3N2O/c10-9(11,12)8-5-7(15-14-8)6-1-3-13-4-2-6/h5-6,13H,1-4H2. The lowest BCUT2D eigenvalue weighted by molar-refractivity contribution is -0.142. The van der Waals surface area contributed by atoms with Gasteiger partial charge < -0.3 is 9.84 Å². The summed E-state index contributed by atoms with van der Waals surface area (Å²) in [5, 5.41) is 6.18. The van der Waals surface area contributed by atoms with Crippen molar-refractivity contribution in [3.05, 3.63) is 17.5 Å². The molecule has 84 valence electrons. The average molecular weight is 220 g/mol. The number of nitrogens with one attached hydrogen (secondary N) is 1. The van der Waals surface area contributed by atoms with Crippen LogP contribution < -0.4 is 5.32 Å². The molecule has 6 heteroatoms. The molecule has 1 fully saturated rings. The smallest absolute Gasteiger partial charge is 0.361 e. The van der Waals surface area contributed by atoms with Crippen LogP contribution in [0.3, 0.4) is 0 Å². The van der Waals surface area contributed by atoms with Crippen LogP contribution in [0.4, 0.5) is 13.2 Å². The van der Waals surface area contributed by atoms with Crippen LogP contribution in [0.15, 0.2) is 10.6 Å². The lowest BCUT2D eigenvalue weighted by atomic mass is 9.95. The predicted molar refractivity (Wildman–Crippen MR) is 46.3 cm³/mol. The van der Waals surface area contributed by atoms with Crippen LogP contribution in [0, 0.1) is 0 Å². The molecule has 0 atom stereocenters. The molecule has 1 aliphatic rings. The zero-order valence-corrected chi connectivity index (χ0v) is 7.97. The van der Waals surface area contributed by atoms with Gasteiger partial charge in [-0.15, -0.1) is 0 Å². The minimum atomic E-state index is -4.41. The average Bonchev–Trinajstić information content (AvgIpc) is 2.67. The topological polar surface area (TPSA) is 38.1 Å². The first kappa shape index (κ1) is 10.5. The summed E-state index contributed by atoms with van der Waals surface area (Å²) in [4.78, 5) is 0. The lowest BCUT2D eigenvalue weighted by Crippen LogP contribution is -2.26. The molecule has 3 nitrogen and oxygen atoms in total. The molecule has 0 spiro atoms. The van der Waals surface area contributed by atoms with E-state index in [1.165, 1.54) is 0 Å². The zero-order valence-electron chi connectivity index (χ0n) is 7.97. The lowest BCUT2D eigenvalue weighted by Gasteiger charge is -2.19. The molecule has 2 rings (SSSR count). The van der Waals surface area contributed by atoms with Crippen molar-refractivity contribution >= 4 is 0 Å². The van der Waals surface area contributed by atoms with Crippen LogP contribution in [0.2, 0.25) is 0 Å². The summed E-state index contributed by atoms with van der Waals surface area (Å²) >= 11 is 0. The second kappa shape index (κ2) is 3.84. The molecule has 1 aromatic heterocycles. The highest BCUT2D eigenvalue weighted by atomic mass is 19.4. The maximum absolute atomic E-state index is 12.2. The van der Waals surface area contributed by atoms with Crippen molar-refractivity contribution in [2.75, 3.05) is 13.1 Å². The molecule has 0 unspecified atom stereocenters. The van der Waals surface area contributed by atoms with Crippen LogP contribution in [-0.2, 0) is 6.18 Å². The summed E-state index contributed by atoms with van der Waals surface area (Å²) in [7, 11) is 0. The largest absolute Gasteiger partial charge is 0.436 e. The van der Waals surface area contributed by atoms with E-state index in [-0.39, 0.29) is 5.92 Å². The van der Waals surface area contributed by atoms with Gasteiger partial charge >= 0.3 is 6.18 Å². The maximum Gasteiger partial charge on any atom is 0.436 e. The second-order valence-corrected chi connectivity index (χ2v) is 3.64. The minimum absolute atomic E-state index is 0.0647. The third-order valence-corrected chi connectivity index (χ3v) is 2.56. The molecule has 1 N–H and O–H groups in total.